The van der Waals surface area contributed by atoms with Crippen LogP contribution in [-0.2, 0) is 4.74 Å². The van der Waals surface area contributed by atoms with E-state index in [0.29, 0.717) is 0 Å². The zero-order valence-corrected chi connectivity index (χ0v) is 12.4. The topological polar surface area (TPSA) is 12.5 Å². The fraction of sp³-hybridized carbons (Fsp3) is 1.00. The lowest BCUT2D eigenvalue weighted by molar-refractivity contribution is 0.138. The zero-order chi connectivity index (χ0) is 12.3. The van der Waals surface area contributed by atoms with E-state index in [2.05, 4.69) is 23.6 Å². The highest BCUT2D eigenvalue weighted by Gasteiger charge is 2.12. The molecule has 1 aliphatic heterocycles. The summed E-state index contributed by atoms with van der Waals surface area (Å²) in [6, 6.07) is 0. The largest absolute Gasteiger partial charge is 0.384 e. The molecule has 0 aromatic rings. The Kier molecular flexibility index (Phi) is 9.21. The lowest BCUT2D eigenvalue weighted by atomic mass is 9.97. The molecule has 1 rings (SSSR count). The molecule has 1 saturated heterocycles. The van der Waals surface area contributed by atoms with Crippen LogP contribution >= 0.6 is 11.8 Å². The van der Waals surface area contributed by atoms with Crippen molar-refractivity contribution >= 4 is 11.8 Å². The molecule has 0 aromatic heterocycles. The third-order valence-corrected chi connectivity index (χ3v) is 4.50. The standard InChI is InChI=1S/C14H29NOS/c1-3-4-6-14(13-16-2)7-5-8-15-9-11-17-12-10-15/h14H,3-13H2,1-2H3/t14-/m1/s1. The number of unbranched alkanes of at least 4 members (excludes halogenated alkanes) is 1. The van der Waals surface area contributed by atoms with Crippen molar-refractivity contribution in [3.8, 4) is 0 Å². The summed E-state index contributed by atoms with van der Waals surface area (Å²) in [5, 5.41) is 0. The zero-order valence-electron chi connectivity index (χ0n) is 11.6. The van der Waals surface area contributed by atoms with Gasteiger partial charge in [-0.1, -0.05) is 19.8 Å². The third-order valence-electron chi connectivity index (χ3n) is 3.56. The van der Waals surface area contributed by atoms with Crippen LogP contribution in [0, 0.1) is 5.92 Å². The first kappa shape index (κ1) is 15.3. The molecular formula is C14H29NOS. The van der Waals surface area contributed by atoms with Gasteiger partial charge >= 0.3 is 0 Å². The number of thioether (sulfide) groups is 1. The molecule has 0 amide bonds. The van der Waals surface area contributed by atoms with E-state index in [-0.39, 0.29) is 0 Å². The summed E-state index contributed by atoms with van der Waals surface area (Å²) < 4.78 is 5.33. The fourth-order valence-corrected chi connectivity index (χ4v) is 3.45. The highest BCUT2D eigenvalue weighted by atomic mass is 32.2. The molecule has 0 radical (unpaired) electrons. The minimum Gasteiger partial charge on any atom is -0.384 e. The van der Waals surface area contributed by atoms with E-state index in [4.69, 9.17) is 4.74 Å². The minimum atomic E-state index is 0.791. The van der Waals surface area contributed by atoms with E-state index < -0.39 is 0 Å². The molecule has 1 heterocycles. The smallest absolute Gasteiger partial charge is 0.0490 e. The molecule has 2 nitrogen and oxygen atoms in total. The summed E-state index contributed by atoms with van der Waals surface area (Å²) in [6.07, 6.45) is 6.71. The number of methoxy groups -OCH3 is 1. The van der Waals surface area contributed by atoms with Crippen LogP contribution in [0.4, 0.5) is 0 Å². The van der Waals surface area contributed by atoms with Crippen LogP contribution in [0.5, 0.6) is 0 Å². The van der Waals surface area contributed by atoms with E-state index in [1.165, 1.54) is 63.2 Å². The van der Waals surface area contributed by atoms with E-state index in [1.807, 2.05) is 7.11 Å². The Hall–Kier alpha value is 0.270. The van der Waals surface area contributed by atoms with Crippen molar-refractivity contribution < 1.29 is 4.74 Å². The molecular weight excluding hydrogens is 230 g/mol. The highest BCUT2D eigenvalue weighted by molar-refractivity contribution is 7.99. The van der Waals surface area contributed by atoms with E-state index in [9.17, 15) is 0 Å². The second kappa shape index (κ2) is 10.2. The summed E-state index contributed by atoms with van der Waals surface area (Å²) in [5.74, 6) is 3.45. The lowest BCUT2D eigenvalue weighted by Gasteiger charge is -2.26. The van der Waals surface area contributed by atoms with Crippen LogP contribution in [0.3, 0.4) is 0 Å². The van der Waals surface area contributed by atoms with Gasteiger partial charge in [0.15, 0.2) is 0 Å². The van der Waals surface area contributed by atoms with Crippen LogP contribution in [0.15, 0.2) is 0 Å². The van der Waals surface area contributed by atoms with Crippen molar-refractivity contribution in [2.24, 2.45) is 5.92 Å². The Bertz CT molecular complexity index is 172. The second-order valence-electron chi connectivity index (χ2n) is 5.06. The van der Waals surface area contributed by atoms with Gasteiger partial charge in [0.2, 0.25) is 0 Å². The van der Waals surface area contributed by atoms with E-state index in [1.54, 1.807) is 0 Å². The highest BCUT2D eigenvalue weighted by Crippen LogP contribution is 2.16. The van der Waals surface area contributed by atoms with Crippen molar-refractivity contribution in [2.75, 3.05) is 44.9 Å². The molecule has 0 saturated carbocycles. The molecule has 102 valence electrons. The van der Waals surface area contributed by atoms with Gasteiger partial charge in [-0.25, -0.2) is 0 Å². The van der Waals surface area contributed by atoms with Crippen molar-refractivity contribution in [3.63, 3.8) is 0 Å². The van der Waals surface area contributed by atoms with Crippen LogP contribution in [-0.4, -0.2) is 49.8 Å². The molecule has 0 aromatic carbocycles. The van der Waals surface area contributed by atoms with Crippen LogP contribution in [0.25, 0.3) is 0 Å². The molecule has 1 aliphatic rings. The monoisotopic (exact) mass is 259 g/mol. The summed E-state index contributed by atoms with van der Waals surface area (Å²) in [6.45, 7) is 7.13. The number of hydrogen-bond donors (Lipinski definition) is 0. The van der Waals surface area contributed by atoms with Gasteiger partial charge in [0, 0.05) is 38.3 Å². The normalized spacial score (nSPS) is 19.4. The molecule has 17 heavy (non-hydrogen) atoms. The van der Waals surface area contributed by atoms with Gasteiger partial charge in [-0.3, -0.25) is 0 Å². The maximum Gasteiger partial charge on any atom is 0.0490 e. The molecule has 1 atom stereocenters. The van der Waals surface area contributed by atoms with Crippen molar-refractivity contribution in [1.82, 2.24) is 4.90 Å². The summed E-state index contributed by atoms with van der Waals surface area (Å²) in [4.78, 5) is 2.63. The van der Waals surface area contributed by atoms with Gasteiger partial charge in [0.05, 0.1) is 0 Å². The first-order valence-corrected chi connectivity index (χ1v) is 8.31. The summed E-state index contributed by atoms with van der Waals surface area (Å²) in [7, 11) is 1.83. The molecule has 3 heteroatoms. The Morgan fingerprint density at radius 2 is 1.88 bits per heavy atom. The molecule has 0 bridgehead atoms. The molecule has 0 spiro atoms. The first-order chi connectivity index (χ1) is 8.36. The summed E-state index contributed by atoms with van der Waals surface area (Å²) in [5.41, 5.74) is 0. The quantitative estimate of drug-likeness (QED) is 0.630. The number of nitrogens with zero attached hydrogens (tertiary/aromatic N) is 1. The second-order valence-corrected chi connectivity index (χ2v) is 6.28. The first-order valence-electron chi connectivity index (χ1n) is 7.15. The molecule has 0 unspecified atom stereocenters. The van der Waals surface area contributed by atoms with Crippen LogP contribution in [0.1, 0.15) is 39.0 Å². The van der Waals surface area contributed by atoms with E-state index >= 15 is 0 Å². The van der Waals surface area contributed by atoms with Gasteiger partial charge < -0.3 is 9.64 Å². The van der Waals surface area contributed by atoms with E-state index in [0.717, 1.165) is 12.5 Å². The van der Waals surface area contributed by atoms with Crippen LogP contribution < -0.4 is 0 Å². The lowest BCUT2D eigenvalue weighted by Crippen LogP contribution is -2.33. The Labute approximate surface area is 111 Å². The Balaban J connectivity index is 2.07. The predicted octanol–water partition coefficient (Wildman–Crippen LogP) is 3.27. The van der Waals surface area contributed by atoms with Gasteiger partial charge in [-0.15, -0.1) is 0 Å². The average molecular weight is 259 g/mol. The predicted molar refractivity (Wildman–Crippen MR) is 77.9 cm³/mol. The third kappa shape index (κ3) is 7.32. The van der Waals surface area contributed by atoms with Gasteiger partial charge in [-0.05, 0) is 31.7 Å². The number of rotatable bonds is 9. The van der Waals surface area contributed by atoms with Crippen molar-refractivity contribution in [1.29, 1.82) is 0 Å². The minimum absolute atomic E-state index is 0.791. The van der Waals surface area contributed by atoms with Gasteiger partial charge in [-0.2, -0.15) is 11.8 Å². The molecule has 1 fully saturated rings. The number of ether oxygens (including phenoxy) is 1. The van der Waals surface area contributed by atoms with Gasteiger partial charge in [0.1, 0.15) is 0 Å². The van der Waals surface area contributed by atoms with Crippen molar-refractivity contribution in [2.45, 2.75) is 39.0 Å². The average Bonchev–Trinajstić information content (AvgIpc) is 2.37. The number of hydrogen-bond acceptors (Lipinski definition) is 3. The Morgan fingerprint density at radius 3 is 2.53 bits per heavy atom. The van der Waals surface area contributed by atoms with Crippen molar-refractivity contribution in [3.05, 3.63) is 0 Å². The molecule has 0 aliphatic carbocycles. The SMILES string of the molecule is CCCC[C@H](CCCN1CCSCC1)COC. The maximum atomic E-state index is 5.33. The maximum absolute atomic E-state index is 5.33. The van der Waals surface area contributed by atoms with Gasteiger partial charge in [0.25, 0.3) is 0 Å². The van der Waals surface area contributed by atoms with Crippen LogP contribution in [0.2, 0.25) is 0 Å². The molecule has 0 N–H and O–H groups in total. The summed E-state index contributed by atoms with van der Waals surface area (Å²) >= 11 is 2.10. The fourth-order valence-electron chi connectivity index (χ4n) is 2.47. The Morgan fingerprint density at radius 1 is 1.18 bits per heavy atom.